The molecule has 1 aromatic heterocycles. The van der Waals surface area contributed by atoms with Crippen molar-refractivity contribution in [1.82, 2.24) is 9.78 Å². The number of carboxylic acids is 1. The summed E-state index contributed by atoms with van der Waals surface area (Å²) in [5.41, 5.74) is -0.487. The lowest BCUT2D eigenvalue weighted by atomic mass is 9.48. The van der Waals surface area contributed by atoms with Gasteiger partial charge >= 0.3 is 5.97 Å². The maximum Gasteiger partial charge on any atom is 0.309 e. The third kappa shape index (κ3) is 3.01. The number of halogens is 1. The van der Waals surface area contributed by atoms with Gasteiger partial charge in [0.25, 0.3) is 5.56 Å². The zero-order valence-corrected chi connectivity index (χ0v) is 18.6. The van der Waals surface area contributed by atoms with Crippen LogP contribution in [-0.2, 0) is 10.3 Å². The summed E-state index contributed by atoms with van der Waals surface area (Å²) in [5, 5.41) is 18.3. The summed E-state index contributed by atoms with van der Waals surface area (Å²) in [6, 6.07) is 0.273. The van der Waals surface area contributed by atoms with E-state index in [-0.39, 0.29) is 22.5 Å². The van der Waals surface area contributed by atoms with Crippen LogP contribution < -0.4 is 10.9 Å². The Bertz CT molecular complexity index is 901. The van der Waals surface area contributed by atoms with Crippen molar-refractivity contribution < 1.29 is 9.90 Å². The first-order valence-corrected chi connectivity index (χ1v) is 12.0. The van der Waals surface area contributed by atoms with E-state index in [1.165, 1.54) is 17.5 Å². The lowest BCUT2D eigenvalue weighted by molar-refractivity contribution is -0.168. The van der Waals surface area contributed by atoms with E-state index in [1.54, 1.807) is 6.20 Å². The van der Waals surface area contributed by atoms with E-state index >= 15 is 0 Å². The van der Waals surface area contributed by atoms with Crippen LogP contribution in [0.25, 0.3) is 0 Å². The molecule has 6 rings (SSSR count). The van der Waals surface area contributed by atoms with Crippen molar-refractivity contribution in [3.63, 3.8) is 0 Å². The van der Waals surface area contributed by atoms with Crippen LogP contribution in [0.5, 0.6) is 0 Å². The summed E-state index contributed by atoms with van der Waals surface area (Å²) in [6.07, 6.45) is 9.66. The fourth-order valence-corrected chi connectivity index (χ4v) is 7.75. The van der Waals surface area contributed by atoms with Crippen LogP contribution in [0.3, 0.4) is 0 Å². The number of aromatic nitrogens is 2. The molecule has 6 atom stereocenters. The van der Waals surface area contributed by atoms with Crippen LogP contribution in [0.2, 0.25) is 5.02 Å². The molecule has 1 aromatic rings. The number of nitrogens with zero attached hydrogens (tertiary/aromatic N) is 2. The number of rotatable bonds is 4. The molecule has 0 spiro atoms. The summed E-state index contributed by atoms with van der Waals surface area (Å²) in [5.74, 6) is 0.911. The van der Waals surface area contributed by atoms with E-state index < -0.39 is 17.4 Å². The van der Waals surface area contributed by atoms with Crippen molar-refractivity contribution in [3.8, 4) is 0 Å². The fourth-order valence-electron chi connectivity index (χ4n) is 7.57. The van der Waals surface area contributed by atoms with Crippen LogP contribution in [0.1, 0.15) is 65.2 Å². The molecule has 5 aliphatic rings. The van der Waals surface area contributed by atoms with Gasteiger partial charge < -0.3 is 10.4 Å². The lowest BCUT2D eigenvalue weighted by Crippen LogP contribution is -2.63. The van der Waals surface area contributed by atoms with Crippen molar-refractivity contribution in [2.45, 2.75) is 76.8 Å². The lowest BCUT2D eigenvalue weighted by Gasteiger charge is -2.59. The second-order valence-electron chi connectivity index (χ2n) is 10.6. The molecule has 2 N–H and O–H groups in total. The molecular weight excluding hydrogens is 402 g/mol. The SMILES string of the molecule is CC1CCCC(Nc2cnn(C34CC5CC(CC(C5)C3C(=O)O)C4)c(=O)c2Cl)C1C. The third-order valence-electron chi connectivity index (χ3n) is 8.93. The van der Waals surface area contributed by atoms with Crippen LogP contribution in [-0.4, -0.2) is 26.9 Å². The zero-order valence-electron chi connectivity index (χ0n) is 17.8. The van der Waals surface area contributed by atoms with Gasteiger partial charge in [-0.05, 0) is 68.1 Å². The Hall–Kier alpha value is -1.56. The number of hydrogen-bond donors (Lipinski definition) is 2. The molecule has 0 aliphatic heterocycles. The van der Waals surface area contributed by atoms with Gasteiger partial charge in [-0.15, -0.1) is 0 Å². The Morgan fingerprint density at radius 2 is 1.93 bits per heavy atom. The van der Waals surface area contributed by atoms with E-state index in [1.807, 2.05) is 0 Å². The molecule has 0 amide bonds. The van der Waals surface area contributed by atoms with Crippen LogP contribution in [0.4, 0.5) is 5.69 Å². The van der Waals surface area contributed by atoms with Crippen molar-refractivity contribution in [2.75, 3.05) is 5.32 Å². The number of aliphatic carboxylic acids is 1. The molecule has 7 heteroatoms. The van der Waals surface area contributed by atoms with Gasteiger partial charge in [0, 0.05) is 6.04 Å². The summed E-state index contributed by atoms with van der Waals surface area (Å²) in [7, 11) is 0. The molecular formula is C23H32ClN3O3. The quantitative estimate of drug-likeness (QED) is 0.736. The van der Waals surface area contributed by atoms with Gasteiger partial charge in [-0.1, -0.05) is 38.3 Å². The normalized spacial score (nSPS) is 42.3. The molecule has 0 saturated heterocycles. The van der Waals surface area contributed by atoms with Gasteiger partial charge in [0.1, 0.15) is 5.02 Å². The minimum absolute atomic E-state index is 0.142. The maximum absolute atomic E-state index is 13.4. The topological polar surface area (TPSA) is 84.2 Å². The summed E-state index contributed by atoms with van der Waals surface area (Å²) in [6.45, 7) is 4.52. The van der Waals surface area contributed by atoms with Gasteiger partial charge in [0.15, 0.2) is 0 Å². The summed E-state index contributed by atoms with van der Waals surface area (Å²) in [4.78, 5) is 25.7. The van der Waals surface area contributed by atoms with Gasteiger partial charge in [-0.25, -0.2) is 4.68 Å². The smallest absolute Gasteiger partial charge is 0.309 e. The average Bonchev–Trinajstić information content (AvgIpc) is 2.67. The minimum atomic E-state index is -0.796. The Kier molecular flexibility index (Phi) is 4.92. The second kappa shape index (κ2) is 7.25. The highest BCUT2D eigenvalue weighted by molar-refractivity contribution is 6.32. The Morgan fingerprint density at radius 1 is 1.23 bits per heavy atom. The number of nitrogens with one attached hydrogen (secondary N) is 1. The Balaban J connectivity index is 1.50. The van der Waals surface area contributed by atoms with E-state index in [2.05, 4.69) is 24.3 Å². The van der Waals surface area contributed by atoms with E-state index in [4.69, 9.17) is 11.6 Å². The summed E-state index contributed by atoms with van der Waals surface area (Å²) >= 11 is 6.59. The molecule has 5 aliphatic carbocycles. The van der Waals surface area contributed by atoms with Crippen molar-refractivity contribution in [2.24, 2.45) is 35.5 Å². The monoisotopic (exact) mass is 433 g/mol. The van der Waals surface area contributed by atoms with Crippen molar-refractivity contribution in [3.05, 3.63) is 21.6 Å². The first-order chi connectivity index (χ1) is 14.3. The van der Waals surface area contributed by atoms with E-state index in [0.29, 0.717) is 29.4 Å². The number of hydrogen-bond acceptors (Lipinski definition) is 4. The van der Waals surface area contributed by atoms with Crippen LogP contribution in [0.15, 0.2) is 11.0 Å². The highest BCUT2D eigenvalue weighted by Crippen LogP contribution is 2.61. The van der Waals surface area contributed by atoms with Gasteiger partial charge in [-0.2, -0.15) is 5.10 Å². The molecule has 0 radical (unpaired) electrons. The number of carbonyl (C=O) groups is 1. The molecule has 30 heavy (non-hydrogen) atoms. The fraction of sp³-hybridized carbons (Fsp3) is 0.783. The molecule has 6 unspecified atom stereocenters. The van der Waals surface area contributed by atoms with Gasteiger partial charge in [-0.3, -0.25) is 9.59 Å². The Morgan fingerprint density at radius 3 is 2.60 bits per heavy atom. The van der Waals surface area contributed by atoms with E-state index in [0.717, 1.165) is 38.5 Å². The molecule has 4 bridgehead atoms. The third-order valence-corrected chi connectivity index (χ3v) is 9.29. The Labute approximate surface area is 182 Å². The first-order valence-electron chi connectivity index (χ1n) is 11.6. The molecule has 164 valence electrons. The predicted molar refractivity (Wildman–Crippen MR) is 116 cm³/mol. The highest BCUT2D eigenvalue weighted by atomic mass is 35.5. The zero-order chi connectivity index (χ0) is 21.2. The largest absolute Gasteiger partial charge is 0.481 e. The molecule has 5 fully saturated rings. The molecule has 5 saturated carbocycles. The van der Waals surface area contributed by atoms with Gasteiger partial charge in [0.2, 0.25) is 0 Å². The van der Waals surface area contributed by atoms with Crippen LogP contribution >= 0.6 is 11.6 Å². The minimum Gasteiger partial charge on any atom is -0.481 e. The number of anilines is 1. The predicted octanol–water partition coefficient (Wildman–Crippen LogP) is 4.37. The number of carboxylic acid groups (broad SMARTS) is 1. The van der Waals surface area contributed by atoms with Crippen molar-refractivity contribution in [1.29, 1.82) is 0 Å². The molecule has 0 aromatic carbocycles. The molecule has 1 heterocycles. The van der Waals surface area contributed by atoms with Crippen LogP contribution in [0, 0.1) is 35.5 Å². The second-order valence-corrected chi connectivity index (χ2v) is 11.0. The first kappa shape index (κ1) is 20.3. The van der Waals surface area contributed by atoms with E-state index in [9.17, 15) is 14.7 Å². The molecule has 6 nitrogen and oxygen atoms in total. The average molecular weight is 434 g/mol. The maximum atomic E-state index is 13.4. The standard InChI is InChI=1S/C23H32ClN3O3/c1-12-4-3-5-17(13(12)2)26-18-11-25-27(21(28)20(18)24)23-9-14-6-15(10-23)8-16(7-14)19(23)22(29)30/h11-17,19,26H,3-10H2,1-2H3,(H,29,30). The van der Waals surface area contributed by atoms with Gasteiger partial charge in [0.05, 0.1) is 23.3 Å². The highest BCUT2D eigenvalue weighted by Gasteiger charge is 2.61. The summed E-state index contributed by atoms with van der Waals surface area (Å²) < 4.78 is 1.47. The van der Waals surface area contributed by atoms with Crippen molar-refractivity contribution >= 4 is 23.3 Å².